The van der Waals surface area contributed by atoms with Gasteiger partial charge in [-0.3, -0.25) is 4.99 Å². The van der Waals surface area contributed by atoms with Crippen LogP contribution in [0.15, 0.2) is 53.7 Å². The Morgan fingerprint density at radius 1 is 1.15 bits per heavy atom. The van der Waals surface area contributed by atoms with Crippen molar-refractivity contribution in [2.24, 2.45) is 4.99 Å². The summed E-state index contributed by atoms with van der Waals surface area (Å²) in [5.41, 5.74) is 2.34. The molecule has 5 nitrogen and oxygen atoms in total. The zero-order valence-corrected chi connectivity index (χ0v) is 18.1. The molecule has 1 atom stereocenters. The summed E-state index contributed by atoms with van der Waals surface area (Å²) in [6, 6.07) is 14.4. The highest BCUT2D eigenvalue weighted by atomic mass is 127. The van der Waals surface area contributed by atoms with Gasteiger partial charge in [0.05, 0.1) is 6.61 Å². The molecule has 1 heterocycles. The molecule has 2 N–H and O–H groups in total. The number of hydrogen-bond donors (Lipinski definition) is 2. The Morgan fingerprint density at radius 3 is 2.62 bits per heavy atom. The number of aliphatic imine (C=N–C) groups is 1. The highest BCUT2D eigenvalue weighted by Crippen LogP contribution is 2.15. The van der Waals surface area contributed by atoms with Crippen LogP contribution >= 0.6 is 24.0 Å². The zero-order chi connectivity index (χ0) is 17.9. The van der Waals surface area contributed by atoms with Gasteiger partial charge in [0, 0.05) is 31.9 Å². The fourth-order valence-electron chi connectivity index (χ4n) is 2.44. The van der Waals surface area contributed by atoms with Crippen LogP contribution in [0.1, 0.15) is 37.3 Å². The van der Waals surface area contributed by atoms with Crippen LogP contribution in [0.5, 0.6) is 5.88 Å². The summed E-state index contributed by atoms with van der Waals surface area (Å²) in [6.45, 7) is 6.39. The molecular formula is C20H29IN4O. The van der Waals surface area contributed by atoms with Gasteiger partial charge in [0.25, 0.3) is 0 Å². The van der Waals surface area contributed by atoms with Crippen molar-refractivity contribution >= 4 is 29.9 Å². The number of benzene rings is 1. The summed E-state index contributed by atoms with van der Waals surface area (Å²) < 4.78 is 5.70. The quantitative estimate of drug-likeness (QED) is 0.350. The lowest BCUT2D eigenvalue weighted by Gasteiger charge is -2.17. The molecule has 1 aromatic carbocycles. The minimum atomic E-state index is 0. The number of nitrogens with zero attached hydrogens (tertiary/aromatic N) is 2. The minimum Gasteiger partial charge on any atom is -0.477 e. The van der Waals surface area contributed by atoms with E-state index in [2.05, 4.69) is 58.7 Å². The second-order valence-electron chi connectivity index (χ2n) is 5.93. The SMILES string of the molecule is CCCOc1ncccc1CNC(=NC)NCC(C)c1ccccc1.I. The normalized spacial score (nSPS) is 12.0. The number of halogens is 1. The molecule has 0 amide bonds. The van der Waals surface area contributed by atoms with Crippen molar-refractivity contribution < 1.29 is 4.74 Å². The van der Waals surface area contributed by atoms with Crippen LogP contribution in [0.4, 0.5) is 0 Å². The summed E-state index contributed by atoms with van der Waals surface area (Å²) in [5, 5.41) is 6.71. The molecule has 0 fully saturated rings. The van der Waals surface area contributed by atoms with E-state index in [-0.39, 0.29) is 24.0 Å². The highest BCUT2D eigenvalue weighted by molar-refractivity contribution is 14.0. The average Bonchev–Trinajstić information content (AvgIpc) is 2.67. The van der Waals surface area contributed by atoms with Gasteiger partial charge in [0.2, 0.25) is 5.88 Å². The maximum atomic E-state index is 5.70. The first-order chi connectivity index (χ1) is 12.2. The number of aromatic nitrogens is 1. The summed E-state index contributed by atoms with van der Waals surface area (Å²) in [5.74, 6) is 1.86. The van der Waals surface area contributed by atoms with E-state index in [1.54, 1.807) is 13.2 Å². The Hall–Kier alpha value is -1.83. The summed E-state index contributed by atoms with van der Waals surface area (Å²) in [4.78, 5) is 8.61. The molecule has 2 aromatic rings. The van der Waals surface area contributed by atoms with Crippen molar-refractivity contribution in [2.75, 3.05) is 20.2 Å². The van der Waals surface area contributed by atoms with Gasteiger partial charge in [-0.25, -0.2) is 4.98 Å². The summed E-state index contributed by atoms with van der Waals surface area (Å²) in [6.07, 6.45) is 2.72. The van der Waals surface area contributed by atoms with E-state index in [1.807, 2.05) is 18.2 Å². The third kappa shape index (κ3) is 7.19. The predicted molar refractivity (Wildman–Crippen MR) is 118 cm³/mol. The topological polar surface area (TPSA) is 58.5 Å². The van der Waals surface area contributed by atoms with Gasteiger partial charge >= 0.3 is 0 Å². The lowest BCUT2D eigenvalue weighted by Crippen LogP contribution is -2.38. The van der Waals surface area contributed by atoms with E-state index in [4.69, 9.17) is 4.74 Å². The Bertz CT molecular complexity index is 664. The van der Waals surface area contributed by atoms with Crippen molar-refractivity contribution in [3.63, 3.8) is 0 Å². The third-order valence-corrected chi connectivity index (χ3v) is 3.91. The van der Waals surface area contributed by atoms with Crippen LogP contribution in [0, 0.1) is 0 Å². The van der Waals surface area contributed by atoms with Crippen molar-refractivity contribution in [3.8, 4) is 5.88 Å². The largest absolute Gasteiger partial charge is 0.477 e. The highest BCUT2D eigenvalue weighted by Gasteiger charge is 2.08. The number of guanidine groups is 1. The number of nitrogens with one attached hydrogen (secondary N) is 2. The van der Waals surface area contributed by atoms with Crippen LogP contribution in [0.3, 0.4) is 0 Å². The molecule has 0 bridgehead atoms. The molecule has 0 aliphatic carbocycles. The van der Waals surface area contributed by atoms with Gasteiger partial charge in [-0.2, -0.15) is 0 Å². The van der Waals surface area contributed by atoms with Gasteiger partial charge in [-0.05, 0) is 24.0 Å². The smallest absolute Gasteiger partial charge is 0.218 e. The molecule has 0 saturated carbocycles. The predicted octanol–water partition coefficient (Wildman–Crippen LogP) is 3.96. The van der Waals surface area contributed by atoms with E-state index in [1.165, 1.54) is 5.56 Å². The molecule has 0 aliphatic heterocycles. The molecule has 6 heteroatoms. The number of pyridine rings is 1. The van der Waals surface area contributed by atoms with E-state index in [0.717, 1.165) is 24.5 Å². The zero-order valence-electron chi connectivity index (χ0n) is 15.7. The van der Waals surface area contributed by atoms with Crippen LogP contribution in [-0.2, 0) is 6.54 Å². The van der Waals surface area contributed by atoms with Crippen LogP contribution in [0.25, 0.3) is 0 Å². The maximum Gasteiger partial charge on any atom is 0.218 e. The van der Waals surface area contributed by atoms with E-state index in [0.29, 0.717) is 24.9 Å². The van der Waals surface area contributed by atoms with Crippen molar-refractivity contribution in [1.29, 1.82) is 0 Å². The fraction of sp³-hybridized carbons (Fsp3) is 0.400. The Balaban J connectivity index is 0.00000338. The first-order valence-electron chi connectivity index (χ1n) is 8.80. The Kier molecular flexibility index (Phi) is 10.7. The Labute approximate surface area is 173 Å². The molecular weight excluding hydrogens is 439 g/mol. The second-order valence-corrected chi connectivity index (χ2v) is 5.93. The van der Waals surface area contributed by atoms with Crippen molar-refractivity contribution in [3.05, 3.63) is 59.8 Å². The molecule has 0 saturated heterocycles. The monoisotopic (exact) mass is 468 g/mol. The van der Waals surface area contributed by atoms with Crippen LogP contribution in [-0.4, -0.2) is 31.1 Å². The molecule has 0 radical (unpaired) electrons. The molecule has 2 rings (SSSR count). The van der Waals surface area contributed by atoms with Crippen molar-refractivity contribution in [1.82, 2.24) is 15.6 Å². The van der Waals surface area contributed by atoms with E-state index >= 15 is 0 Å². The van der Waals surface area contributed by atoms with Gasteiger partial charge in [-0.1, -0.05) is 50.2 Å². The molecule has 1 unspecified atom stereocenters. The first-order valence-corrected chi connectivity index (χ1v) is 8.80. The second kappa shape index (κ2) is 12.5. The van der Waals surface area contributed by atoms with Gasteiger partial charge in [0.15, 0.2) is 5.96 Å². The Morgan fingerprint density at radius 2 is 1.92 bits per heavy atom. The van der Waals surface area contributed by atoms with Gasteiger partial charge < -0.3 is 15.4 Å². The fourth-order valence-corrected chi connectivity index (χ4v) is 2.44. The van der Waals surface area contributed by atoms with Gasteiger partial charge in [0.1, 0.15) is 0 Å². The third-order valence-electron chi connectivity index (χ3n) is 3.91. The number of rotatable bonds is 8. The summed E-state index contributed by atoms with van der Waals surface area (Å²) >= 11 is 0. The van der Waals surface area contributed by atoms with Gasteiger partial charge in [-0.15, -0.1) is 24.0 Å². The average molecular weight is 468 g/mol. The number of ether oxygens (including phenoxy) is 1. The lowest BCUT2D eigenvalue weighted by atomic mass is 10.0. The lowest BCUT2D eigenvalue weighted by molar-refractivity contribution is 0.301. The summed E-state index contributed by atoms with van der Waals surface area (Å²) in [7, 11) is 1.78. The molecule has 26 heavy (non-hydrogen) atoms. The van der Waals surface area contributed by atoms with Crippen LogP contribution < -0.4 is 15.4 Å². The standard InChI is InChI=1S/C20H28N4O.HI/c1-4-13-25-19-18(11-8-12-22-19)15-24-20(21-3)23-14-16(2)17-9-6-5-7-10-17;/h5-12,16H,4,13-15H2,1-3H3,(H2,21,23,24);1H. The molecule has 0 spiro atoms. The molecule has 0 aliphatic rings. The maximum absolute atomic E-state index is 5.70. The molecule has 1 aromatic heterocycles. The van der Waals surface area contributed by atoms with E-state index < -0.39 is 0 Å². The van der Waals surface area contributed by atoms with Crippen LogP contribution in [0.2, 0.25) is 0 Å². The number of hydrogen-bond acceptors (Lipinski definition) is 3. The van der Waals surface area contributed by atoms with E-state index in [9.17, 15) is 0 Å². The molecule has 142 valence electrons. The van der Waals surface area contributed by atoms with Crippen molar-refractivity contribution in [2.45, 2.75) is 32.7 Å². The minimum absolute atomic E-state index is 0. The first kappa shape index (κ1) is 22.2.